The number of aromatic nitrogens is 1. The Morgan fingerprint density at radius 3 is 2.89 bits per heavy atom. The first-order valence-corrected chi connectivity index (χ1v) is 5.98. The summed E-state index contributed by atoms with van der Waals surface area (Å²) >= 11 is 0. The van der Waals surface area contributed by atoms with Gasteiger partial charge in [0.15, 0.2) is 5.78 Å². The number of rotatable bonds is 5. The zero-order valence-corrected chi connectivity index (χ0v) is 10.6. The van der Waals surface area contributed by atoms with Gasteiger partial charge in [0.25, 0.3) is 0 Å². The molecule has 0 fully saturated rings. The lowest BCUT2D eigenvalue weighted by atomic mass is 10.1. The second kappa shape index (κ2) is 6.09. The lowest BCUT2D eigenvalue weighted by Gasteiger charge is -2.06. The summed E-state index contributed by atoms with van der Waals surface area (Å²) in [5, 5.41) is 0. The van der Waals surface area contributed by atoms with Crippen LogP contribution in [0.15, 0.2) is 42.7 Å². The highest BCUT2D eigenvalue weighted by Crippen LogP contribution is 2.13. The Morgan fingerprint density at radius 2 is 2.16 bits per heavy atom. The third-order valence-corrected chi connectivity index (χ3v) is 2.61. The van der Waals surface area contributed by atoms with E-state index < -0.39 is 5.82 Å². The monoisotopic (exact) mass is 259 g/mol. The van der Waals surface area contributed by atoms with Gasteiger partial charge in [-0.25, -0.2) is 4.39 Å². The molecule has 0 aliphatic rings. The first-order chi connectivity index (χ1) is 9.15. The van der Waals surface area contributed by atoms with Crippen molar-refractivity contribution in [3.63, 3.8) is 0 Å². The summed E-state index contributed by atoms with van der Waals surface area (Å²) in [5.74, 6) is 0.0373. The largest absolute Gasteiger partial charge is 0.493 e. The van der Waals surface area contributed by atoms with E-state index in [1.54, 1.807) is 0 Å². The second-order valence-electron chi connectivity index (χ2n) is 4.23. The lowest BCUT2D eigenvalue weighted by Crippen LogP contribution is -2.07. The second-order valence-corrected chi connectivity index (χ2v) is 4.23. The van der Waals surface area contributed by atoms with E-state index in [4.69, 9.17) is 4.74 Å². The van der Waals surface area contributed by atoms with Crippen molar-refractivity contribution >= 4 is 5.78 Å². The fraction of sp³-hybridized carbons (Fsp3) is 0.200. The topological polar surface area (TPSA) is 39.2 Å². The highest BCUT2D eigenvalue weighted by Gasteiger charge is 2.07. The molecule has 3 nitrogen and oxygen atoms in total. The van der Waals surface area contributed by atoms with E-state index in [0.29, 0.717) is 0 Å². The van der Waals surface area contributed by atoms with E-state index in [1.807, 2.05) is 31.2 Å². The van der Waals surface area contributed by atoms with Crippen LogP contribution < -0.4 is 4.74 Å². The average Bonchev–Trinajstić information content (AvgIpc) is 2.38. The van der Waals surface area contributed by atoms with Gasteiger partial charge in [0.2, 0.25) is 0 Å². The average molecular weight is 259 g/mol. The number of halogens is 1. The maximum atomic E-state index is 12.9. The number of benzene rings is 1. The minimum Gasteiger partial charge on any atom is -0.493 e. The van der Waals surface area contributed by atoms with Crippen LogP contribution in [0.1, 0.15) is 22.3 Å². The van der Waals surface area contributed by atoms with Crippen molar-refractivity contribution in [3.8, 4) is 5.75 Å². The van der Waals surface area contributed by atoms with Crippen LogP contribution in [0.5, 0.6) is 5.75 Å². The SMILES string of the molecule is Cc1cccc(OCCC(=O)c2cncc(F)c2)c1. The maximum absolute atomic E-state index is 12.9. The van der Waals surface area contributed by atoms with E-state index >= 15 is 0 Å². The summed E-state index contributed by atoms with van der Waals surface area (Å²) in [4.78, 5) is 15.4. The number of hydrogen-bond acceptors (Lipinski definition) is 3. The number of aryl methyl sites for hydroxylation is 1. The zero-order valence-electron chi connectivity index (χ0n) is 10.6. The minimum atomic E-state index is -0.509. The van der Waals surface area contributed by atoms with Crippen LogP contribution in [-0.2, 0) is 0 Å². The molecule has 1 aromatic heterocycles. The number of carbonyl (C=O) groups is 1. The predicted molar refractivity (Wildman–Crippen MR) is 69.8 cm³/mol. The predicted octanol–water partition coefficient (Wildman–Crippen LogP) is 3.18. The minimum absolute atomic E-state index is 0.181. The number of hydrogen-bond donors (Lipinski definition) is 0. The quantitative estimate of drug-likeness (QED) is 0.774. The maximum Gasteiger partial charge on any atom is 0.167 e. The molecule has 0 spiro atoms. The molecule has 19 heavy (non-hydrogen) atoms. The van der Waals surface area contributed by atoms with Crippen LogP contribution in [0.4, 0.5) is 4.39 Å². The van der Waals surface area contributed by atoms with Gasteiger partial charge >= 0.3 is 0 Å². The van der Waals surface area contributed by atoms with Gasteiger partial charge in [-0.2, -0.15) is 0 Å². The molecule has 2 aromatic rings. The van der Waals surface area contributed by atoms with Crippen LogP contribution in [0.25, 0.3) is 0 Å². The van der Waals surface area contributed by atoms with Gasteiger partial charge in [0.1, 0.15) is 11.6 Å². The van der Waals surface area contributed by atoms with Crippen LogP contribution in [0.3, 0.4) is 0 Å². The first kappa shape index (κ1) is 13.2. The number of nitrogens with zero attached hydrogens (tertiary/aromatic N) is 1. The molecule has 2 rings (SSSR count). The highest BCUT2D eigenvalue weighted by atomic mass is 19.1. The summed E-state index contributed by atoms with van der Waals surface area (Å²) < 4.78 is 18.4. The first-order valence-electron chi connectivity index (χ1n) is 5.98. The molecular formula is C15H14FNO2. The van der Waals surface area contributed by atoms with E-state index in [0.717, 1.165) is 17.5 Å². The smallest absolute Gasteiger partial charge is 0.167 e. The number of Topliss-reactive ketones (excluding diaryl/α,β-unsaturated/α-hetero) is 1. The molecule has 0 aliphatic heterocycles. The van der Waals surface area contributed by atoms with Crippen molar-refractivity contribution in [1.29, 1.82) is 0 Å². The van der Waals surface area contributed by atoms with Crippen LogP contribution >= 0.6 is 0 Å². The van der Waals surface area contributed by atoms with Crippen molar-refractivity contribution in [2.24, 2.45) is 0 Å². The molecule has 0 bridgehead atoms. The molecule has 0 atom stereocenters. The molecule has 0 amide bonds. The third kappa shape index (κ3) is 3.88. The van der Waals surface area contributed by atoms with Crippen molar-refractivity contribution in [3.05, 3.63) is 59.7 Å². The number of ketones is 1. The van der Waals surface area contributed by atoms with Gasteiger partial charge in [0.05, 0.1) is 12.8 Å². The molecule has 98 valence electrons. The number of pyridine rings is 1. The van der Waals surface area contributed by atoms with Gasteiger partial charge in [-0.05, 0) is 30.7 Å². The fourth-order valence-electron chi connectivity index (χ4n) is 1.68. The Balaban J connectivity index is 1.87. The van der Waals surface area contributed by atoms with Crippen LogP contribution in [0.2, 0.25) is 0 Å². The van der Waals surface area contributed by atoms with E-state index in [-0.39, 0.29) is 24.4 Å². The molecule has 0 saturated carbocycles. The van der Waals surface area contributed by atoms with Crippen molar-refractivity contribution in [2.45, 2.75) is 13.3 Å². The summed E-state index contributed by atoms with van der Waals surface area (Å²) in [6.07, 6.45) is 2.62. The van der Waals surface area contributed by atoms with Gasteiger partial charge in [0, 0.05) is 18.2 Å². The molecule has 0 unspecified atom stereocenters. The number of carbonyl (C=O) groups excluding carboxylic acids is 1. The Morgan fingerprint density at radius 1 is 1.32 bits per heavy atom. The third-order valence-electron chi connectivity index (χ3n) is 2.61. The van der Waals surface area contributed by atoms with Gasteiger partial charge < -0.3 is 4.74 Å². The summed E-state index contributed by atoms with van der Waals surface area (Å²) in [7, 11) is 0. The molecule has 0 N–H and O–H groups in total. The van der Waals surface area contributed by atoms with Gasteiger partial charge in [-0.3, -0.25) is 9.78 Å². The summed E-state index contributed by atoms with van der Waals surface area (Å²) in [6.45, 7) is 2.23. The number of ether oxygens (including phenoxy) is 1. The fourth-order valence-corrected chi connectivity index (χ4v) is 1.68. The van der Waals surface area contributed by atoms with Crippen molar-refractivity contribution in [2.75, 3.05) is 6.61 Å². The summed E-state index contributed by atoms with van der Waals surface area (Å²) in [6, 6.07) is 8.77. The van der Waals surface area contributed by atoms with E-state index in [1.165, 1.54) is 12.3 Å². The Kier molecular flexibility index (Phi) is 4.23. The molecular weight excluding hydrogens is 245 g/mol. The zero-order chi connectivity index (χ0) is 13.7. The van der Waals surface area contributed by atoms with E-state index in [9.17, 15) is 9.18 Å². The molecule has 1 heterocycles. The molecule has 4 heteroatoms. The molecule has 0 aliphatic carbocycles. The normalized spacial score (nSPS) is 10.2. The molecule has 0 radical (unpaired) electrons. The Hall–Kier alpha value is -2.23. The molecule has 0 saturated heterocycles. The standard InChI is InChI=1S/C15H14FNO2/c1-11-3-2-4-14(7-11)19-6-5-15(18)12-8-13(16)10-17-9-12/h2-4,7-10H,5-6H2,1H3. The lowest BCUT2D eigenvalue weighted by molar-refractivity contribution is 0.0961. The van der Waals surface area contributed by atoms with Crippen LogP contribution in [-0.4, -0.2) is 17.4 Å². The highest BCUT2D eigenvalue weighted by molar-refractivity contribution is 5.95. The van der Waals surface area contributed by atoms with Crippen LogP contribution in [0, 0.1) is 12.7 Å². The van der Waals surface area contributed by atoms with Gasteiger partial charge in [-0.15, -0.1) is 0 Å². The summed E-state index contributed by atoms with van der Waals surface area (Å²) in [5.41, 5.74) is 1.37. The molecule has 1 aromatic carbocycles. The van der Waals surface area contributed by atoms with Crippen molar-refractivity contribution < 1.29 is 13.9 Å². The van der Waals surface area contributed by atoms with E-state index in [2.05, 4.69) is 4.98 Å². The van der Waals surface area contributed by atoms with Crippen molar-refractivity contribution in [1.82, 2.24) is 4.98 Å². The Labute approximate surface area is 111 Å². The van der Waals surface area contributed by atoms with Gasteiger partial charge in [-0.1, -0.05) is 12.1 Å². The Bertz CT molecular complexity index is 584.